The lowest BCUT2D eigenvalue weighted by Gasteiger charge is -2.21. The maximum Gasteiger partial charge on any atom is 0.268 e. The molecule has 3 aromatic carbocycles. The fraction of sp³-hybridized carbons (Fsp3) is 0.343. The summed E-state index contributed by atoms with van der Waals surface area (Å²) in [6.45, 7) is 3.20. The van der Waals surface area contributed by atoms with E-state index in [9.17, 15) is 8.42 Å². The number of aryl methyl sites for hydroxylation is 1. The van der Waals surface area contributed by atoms with Crippen LogP contribution in [0.2, 0.25) is 0 Å². The maximum atomic E-state index is 13.1. The van der Waals surface area contributed by atoms with Gasteiger partial charge in [0.25, 0.3) is 10.0 Å². The number of nitrogens with zero attached hydrogens (tertiary/aromatic N) is 2. The molecule has 2 N–H and O–H groups in total. The van der Waals surface area contributed by atoms with E-state index in [0.717, 1.165) is 56.2 Å². The van der Waals surface area contributed by atoms with E-state index in [4.69, 9.17) is 9.72 Å². The average molecular weight is 597 g/mol. The van der Waals surface area contributed by atoms with E-state index in [0.29, 0.717) is 17.9 Å². The fourth-order valence-corrected chi connectivity index (χ4v) is 7.40. The Morgan fingerprint density at radius 1 is 0.767 bits per heavy atom. The maximum absolute atomic E-state index is 13.1. The Kier molecular flexibility index (Phi) is 9.24. The standard InChI is InChI=1S/C35H40N4O3S/c40-43(41,27-13-4-3-5-14-27)39-25-21-30-33(39)19-12-20-34(30)42-26-24-36-22-10-1-2-11-23-37-35-28-15-6-8-17-31(28)38-32-18-9-7-16-29(32)35/h3-6,8,12-15,17,19-21,25,36H,1-2,7,9-11,16,18,22-24,26H2,(H,37,38). The van der Waals surface area contributed by atoms with Crippen LogP contribution in [-0.2, 0) is 22.9 Å². The quantitative estimate of drug-likeness (QED) is 0.135. The van der Waals surface area contributed by atoms with Crippen LogP contribution in [0.3, 0.4) is 0 Å². The smallest absolute Gasteiger partial charge is 0.268 e. The number of pyridine rings is 1. The van der Waals surface area contributed by atoms with Crippen LogP contribution < -0.4 is 15.4 Å². The molecule has 224 valence electrons. The number of nitrogens with one attached hydrogen (secondary N) is 2. The molecule has 2 aromatic heterocycles. The molecule has 0 atom stereocenters. The second kappa shape index (κ2) is 13.6. The number of ether oxygens (including phenoxy) is 1. The van der Waals surface area contributed by atoms with Gasteiger partial charge in [-0.25, -0.2) is 12.4 Å². The van der Waals surface area contributed by atoms with E-state index in [1.807, 2.05) is 24.3 Å². The number of hydrogen-bond acceptors (Lipinski definition) is 6. The summed E-state index contributed by atoms with van der Waals surface area (Å²) in [7, 11) is -3.67. The van der Waals surface area contributed by atoms with E-state index in [1.54, 1.807) is 36.5 Å². The SMILES string of the molecule is O=S(=O)(c1ccccc1)n1ccc2c(OCCNCCCCCCNc3c4c(nc5ccccc35)CCCC4)cccc21. The normalized spacial score (nSPS) is 13.3. The Morgan fingerprint density at radius 3 is 2.44 bits per heavy atom. The number of hydrogen-bond donors (Lipinski definition) is 2. The lowest BCUT2D eigenvalue weighted by atomic mass is 9.92. The van der Waals surface area contributed by atoms with Gasteiger partial charge in [-0.3, -0.25) is 4.98 Å². The third-order valence-electron chi connectivity index (χ3n) is 8.24. The van der Waals surface area contributed by atoms with Crippen molar-refractivity contribution in [2.24, 2.45) is 0 Å². The molecule has 0 saturated carbocycles. The van der Waals surface area contributed by atoms with Crippen molar-refractivity contribution in [2.75, 3.05) is 31.6 Å². The predicted octanol–water partition coefficient (Wildman–Crippen LogP) is 6.95. The van der Waals surface area contributed by atoms with Crippen LogP contribution in [0, 0.1) is 0 Å². The number of rotatable bonds is 14. The molecule has 0 unspecified atom stereocenters. The highest BCUT2D eigenvalue weighted by atomic mass is 32.2. The van der Waals surface area contributed by atoms with Crippen molar-refractivity contribution in [3.63, 3.8) is 0 Å². The minimum atomic E-state index is -3.67. The lowest BCUT2D eigenvalue weighted by Crippen LogP contribution is -2.22. The number of fused-ring (bicyclic) bond motifs is 3. The predicted molar refractivity (Wildman–Crippen MR) is 175 cm³/mol. The molecule has 0 saturated heterocycles. The largest absolute Gasteiger partial charge is 0.492 e. The molecule has 5 aromatic rings. The topological polar surface area (TPSA) is 85.2 Å². The number of unbranched alkanes of at least 4 members (excludes halogenated alkanes) is 3. The minimum Gasteiger partial charge on any atom is -0.492 e. The third-order valence-corrected chi connectivity index (χ3v) is 9.95. The molecule has 0 bridgehead atoms. The molecule has 0 fully saturated rings. The second-order valence-corrected chi connectivity index (χ2v) is 13.0. The molecule has 0 aliphatic heterocycles. The van der Waals surface area contributed by atoms with E-state index in [2.05, 4.69) is 34.9 Å². The highest BCUT2D eigenvalue weighted by Gasteiger charge is 2.20. The Hall–Kier alpha value is -3.88. The molecule has 6 rings (SSSR count). The third kappa shape index (κ3) is 6.55. The van der Waals surface area contributed by atoms with Gasteiger partial charge in [0.1, 0.15) is 12.4 Å². The summed E-state index contributed by atoms with van der Waals surface area (Å²) >= 11 is 0. The van der Waals surface area contributed by atoms with Gasteiger partial charge in [-0.2, -0.15) is 0 Å². The van der Waals surface area contributed by atoms with Gasteiger partial charge in [-0.15, -0.1) is 0 Å². The molecule has 7 nitrogen and oxygen atoms in total. The van der Waals surface area contributed by atoms with Crippen LogP contribution in [0.5, 0.6) is 5.75 Å². The van der Waals surface area contributed by atoms with Gasteiger partial charge in [-0.1, -0.05) is 55.3 Å². The van der Waals surface area contributed by atoms with E-state index in [1.165, 1.54) is 52.0 Å². The van der Waals surface area contributed by atoms with Crippen LogP contribution in [0.4, 0.5) is 5.69 Å². The summed E-state index contributed by atoms with van der Waals surface area (Å²) in [6.07, 6.45) is 11.0. The summed E-state index contributed by atoms with van der Waals surface area (Å²) in [5.41, 5.74) is 5.75. The van der Waals surface area contributed by atoms with Crippen LogP contribution in [-0.4, -0.2) is 43.6 Å². The first-order valence-electron chi connectivity index (χ1n) is 15.5. The Bertz CT molecular complexity index is 1780. The fourth-order valence-electron chi connectivity index (χ4n) is 6.03. The molecule has 1 aliphatic rings. The first-order chi connectivity index (χ1) is 21.1. The van der Waals surface area contributed by atoms with Crippen molar-refractivity contribution < 1.29 is 13.2 Å². The van der Waals surface area contributed by atoms with Gasteiger partial charge in [0.15, 0.2) is 0 Å². The van der Waals surface area contributed by atoms with Gasteiger partial charge in [0, 0.05) is 41.4 Å². The van der Waals surface area contributed by atoms with Crippen molar-refractivity contribution in [2.45, 2.75) is 56.3 Å². The first kappa shape index (κ1) is 29.2. The molecule has 8 heteroatoms. The zero-order valence-electron chi connectivity index (χ0n) is 24.6. The second-order valence-electron chi connectivity index (χ2n) is 11.2. The van der Waals surface area contributed by atoms with E-state index in [-0.39, 0.29) is 4.90 Å². The Morgan fingerprint density at radius 2 is 1.56 bits per heavy atom. The van der Waals surface area contributed by atoms with Crippen molar-refractivity contribution in [1.29, 1.82) is 0 Å². The first-order valence-corrected chi connectivity index (χ1v) is 17.0. The summed E-state index contributed by atoms with van der Waals surface area (Å²) in [6, 6.07) is 24.3. The van der Waals surface area contributed by atoms with Gasteiger partial charge in [0.2, 0.25) is 0 Å². The van der Waals surface area contributed by atoms with Crippen LogP contribution in [0.25, 0.3) is 21.8 Å². The lowest BCUT2D eigenvalue weighted by molar-refractivity contribution is 0.317. The van der Waals surface area contributed by atoms with E-state index >= 15 is 0 Å². The number of benzene rings is 3. The molecule has 0 amide bonds. The molecule has 0 radical (unpaired) electrons. The van der Waals surface area contributed by atoms with Crippen LogP contribution in [0.1, 0.15) is 49.8 Å². The Labute approximate surface area is 254 Å². The summed E-state index contributed by atoms with van der Waals surface area (Å²) < 4.78 is 33.6. The van der Waals surface area contributed by atoms with Crippen molar-refractivity contribution in [1.82, 2.24) is 14.3 Å². The highest BCUT2D eigenvalue weighted by molar-refractivity contribution is 7.90. The minimum absolute atomic E-state index is 0.264. The zero-order valence-corrected chi connectivity index (χ0v) is 25.4. The summed E-state index contributed by atoms with van der Waals surface area (Å²) in [5.74, 6) is 0.692. The molecule has 2 heterocycles. The van der Waals surface area contributed by atoms with Gasteiger partial charge >= 0.3 is 0 Å². The number of anilines is 1. The molecule has 43 heavy (non-hydrogen) atoms. The zero-order chi connectivity index (χ0) is 29.5. The van der Waals surface area contributed by atoms with Crippen molar-refractivity contribution >= 4 is 37.5 Å². The van der Waals surface area contributed by atoms with Crippen LogP contribution in [0.15, 0.2) is 90.0 Å². The molecule has 0 spiro atoms. The highest BCUT2D eigenvalue weighted by Crippen LogP contribution is 2.33. The van der Waals surface area contributed by atoms with Crippen molar-refractivity contribution in [3.8, 4) is 5.75 Å². The van der Waals surface area contributed by atoms with Crippen molar-refractivity contribution in [3.05, 3.63) is 96.3 Å². The number of aromatic nitrogens is 2. The summed E-state index contributed by atoms with van der Waals surface area (Å²) in [4.78, 5) is 5.21. The monoisotopic (exact) mass is 596 g/mol. The van der Waals surface area contributed by atoms with Gasteiger partial charge in [0.05, 0.1) is 15.9 Å². The Balaban J connectivity index is 0.910. The van der Waals surface area contributed by atoms with E-state index < -0.39 is 10.0 Å². The molecular formula is C35H40N4O3S. The molecular weight excluding hydrogens is 556 g/mol. The average Bonchev–Trinajstić information content (AvgIpc) is 3.49. The van der Waals surface area contributed by atoms with Gasteiger partial charge < -0.3 is 15.4 Å². The van der Waals surface area contributed by atoms with Gasteiger partial charge in [-0.05, 0) is 87.0 Å². The van der Waals surface area contributed by atoms with Crippen LogP contribution >= 0.6 is 0 Å². The number of para-hydroxylation sites is 1. The summed E-state index contributed by atoms with van der Waals surface area (Å²) in [5, 5.41) is 9.29. The molecule has 1 aliphatic carbocycles.